The topological polar surface area (TPSA) is 84.6 Å². The highest BCUT2D eigenvalue weighted by Crippen LogP contribution is 2.26. The summed E-state index contributed by atoms with van der Waals surface area (Å²) in [4.78, 5) is 10.1. The molecule has 21 heavy (non-hydrogen) atoms. The average molecular weight is 288 g/mol. The van der Waals surface area contributed by atoms with Gasteiger partial charge < -0.3 is 15.2 Å². The third-order valence-corrected chi connectivity index (χ3v) is 3.06. The highest BCUT2D eigenvalue weighted by Gasteiger charge is 2.04. The molecule has 0 radical (unpaired) electrons. The van der Waals surface area contributed by atoms with Gasteiger partial charge in [0.25, 0.3) is 5.69 Å². The van der Waals surface area contributed by atoms with Gasteiger partial charge in [-0.1, -0.05) is 6.07 Å². The summed E-state index contributed by atoms with van der Waals surface area (Å²) in [6, 6.07) is 11.5. The molecule has 0 saturated carbocycles. The van der Waals surface area contributed by atoms with Crippen molar-refractivity contribution in [3.8, 4) is 11.5 Å². The smallest absolute Gasteiger partial charge is 0.269 e. The Kier molecular flexibility index (Phi) is 4.61. The molecule has 0 aliphatic rings. The summed E-state index contributed by atoms with van der Waals surface area (Å²) >= 11 is 0. The molecule has 6 heteroatoms. The highest BCUT2D eigenvalue weighted by molar-refractivity contribution is 5.48. The molecule has 0 bridgehead atoms. The minimum Gasteiger partial charge on any atom is -0.504 e. The predicted molar refractivity (Wildman–Crippen MR) is 79.9 cm³/mol. The Morgan fingerprint density at radius 1 is 1.24 bits per heavy atom. The number of anilines is 1. The maximum Gasteiger partial charge on any atom is 0.269 e. The number of nitro benzene ring substituents is 1. The molecule has 0 atom stereocenters. The molecule has 2 N–H and O–H groups in total. The molecule has 110 valence electrons. The molecule has 0 saturated heterocycles. The van der Waals surface area contributed by atoms with Gasteiger partial charge in [-0.3, -0.25) is 10.1 Å². The number of phenols is 1. The summed E-state index contributed by atoms with van der Waals surface area (Å²) in [6.45, 7) is 0.656. The summed E-state index contributed by atoms with van der Waals surface area (Å²) in [5, 5.41) is 23.4. The predicted octanol–water partition coefficient (Wildman–Crippen LogP) is 2.96. The van der Waals surface area contributed by atoms with Crippen LogP contribution in [0.3, 0.4) is 0 Å². The molecule has 6 nitrogen and oxygen atoms in total. The van der Waals surface area contributed by atoms with Crippen LogP contribution < -0.4 is 10.1 Å². The maximum atomic E-state index is 10.5. The summed E-state index contributed by atoms with van der Waals surface area (Å²) in [6.07, 6.45) is 0.717. The molecule has 0 spiro atoms. The fourth-order valence-corrected chi connectivity index (χ4v) is 1.94. The van der Waals surface area contributed by atoms with Crippen LogP contribution in [-0.4, -0.2) is 23.7 Å². The lowest BCUT2D eigenvalue weighted by atomic mass is 10.1. The Balaban J connectivity index is 1.89. The SMILES string of the molecule is COc1ccc(CCNc2ccc([N+](=O)[O-])cc2)cc1O. The number of rotatable bonds is 6. The molecule has 2 aromatic rings. The second-order valence-corrected chi connectivity index (χ2v) is 4.49. The van der Waals surface area contributed by atoms with Crippen LogP contribution in [0.2, 0.25) is 0 Å². The third kappa shape index (κ3) is 3.85. The fourth-order valence-electron chi connectivity index (χ4n) is 1.94. The zero-order valence-corrected chi connectivity index (χ0v) is 11.6. The number of nitrogens with zero attached hydrogens (tertiary/aromatic N) is 1. The van der Waals surface area contributed by atoms with Crippen LogP contribution >= 0.6 is 0 Å². The first-order chi connectivity index (χ1) is 10.1. The summed E-state index contributed by atoms with van der Waals surface area (Å²) in [7, 11) is 1.50. The van der Waals surface area contributed by atoms with Gasteiger partial charge in [0.2, 0.25) is 0 Å². The number of methoxy groups -OCH3 is 1. The molecule has 0 heterocycles. The molecule has 2 aromatic carbocycles. The van der Waals surface area contributed by atoms with Crippen LogP contribution in [0.15, 0.2) is 42.5 Å². The molecule has 0 amide bonds. The van der Waals surface area contributed by atoms with Crippen molar-refractivity contribution < 1.29 is 14.8 Å². The first-order valence-electron chi connectivity index (χ1n) is 6.44. The molecule has 0 unspecified atom stereocenters. The van der Waals surface area contributed by atoms with E-state index in [2.05, 4.69) is 5.32 Å². The zero-order chi connectivity index (χ0) is 15.2. The number of nitro groups is 1. The van der Waals surface area contributed by atoms with E-state index in [1.165, 1.54) is 19.2 Å². The second kappa shape index (κ2) is 6.60. The van der Waals surface area contributed by atoms with Crippen molar-refractivity contribution in [1.82, 2.24) is 0 Å². The van der Waals surface area contributed by atoms with Crippen molar-refractivity contribution in [3.63, 3.8) is 0 Å². The minimum atomic E-state index is -0.427. The van der Waals surface area contributed by atoms with E-state index in [4.69, 9.17) is 4.74 Å². The fraction of sp³-hybridized carbons (Fsp3) is 0.200. The van der Waals surface area contributed by atoms with Gasteiger partial charge in [-0.2, -0.15) is 0 Å². The summed E-state index contributed by atoms with van der Waals surface area (Å²) in [5.41, 5.74) is 1.86. The van der Waals surface area contributed by atoms with Crippen LogP contribution in [0.5, 0.6) is 11.5 Å². The van der Waals surface area contributed by atoms with Crippen LogP contribution in [0.25, 0.3) is 0 Å². The number of hydrogen-bond acceptors (Lipinski definition) is 5. The van der Waals surface area contributed by atoms with Crippen LogP contribution in [-0.2, 0) is 6.42 Å². The molecule has 0 fully saturated rings. The average Bonchev–Trinajstić information content (AvgIpc) is 2.48. The van der Waals surface area contributed by atoms with E-state index >= 15 is 0 Å². The Labute approximate surface area is 122 Å². The monoisotopic (exact) mass is 288 g/mol. The van der Waals surface area contributed by atoms with Crippen molar-refractivity contribution >= 4 is 11.4 Å². The Morgan fingerprint density at radius 2 is 1.95 bits per heavy atom. The maximum absolute atomic E-state index is 10.5. The van der Waals surface area contributed by atoms with Crippen molar-refractivity contribution in [2.75, 3.05) is 19.0 Å². The molecule has 0 aliphatic heterocycles. The summed E-state index contributed by atoms with van der Waals surface area (Å²) < 4.78 is 4.98. The largest absolute Gasteiger partial charge is 0.504 e. The number of benzene rings is 2. The van der Waals surface area contributed by atoms with Gasteiger partial charge in [0.15, 0.2) is 11.5 Å². The first kappa shape index (κ1) is 14.6. The highest BCUT2D eigenvalue weighted by atomic mass is 16.6. The van der Waals surface area contributed by atoms with Gasteiger partial charge in [-0.25, -0.2) is 0 Å². The lowest BCUT2D eigenvalue weighted by molar-refractivity contribution is -0.384. The van der Waals surface area contributed by atoms with E-state index in [-0.39, 0.29) is 11.4 Å². The van der Waals surface area contributed by atoms with Crippen molar-refractivity contribution in [2.24, 2.45) is 0 Å². The molecular weight excluding hydrogens is 272 g/mol. The van der Waals surface area contributed by atoms with E-state index < -0.39 is 4.92 Å². The third-order valence-electron chi connectivity index (χ3n) is 3.06. The minimum absolute atomic E-state index is 0.0700. The van der Waals surface area contributed by atoms with Gasteiger partial charge in [-0.15, -0.1) is 0 Å². The van der Waals surface area contributed by atoms with Crippen LogP contribution in [0, 0.1) is 10.1 Å². The number of ether oxygens (including phenoxy) is 1. The molecular formula is C15H16N2O4. The first-order valence-corrected chi connectivity index (χ1v) is 6.44. The quantitative estimate of drug-likeness (QED) is 0.630. The van der Waals surface area contributed by atoms with Gasteiger partial charge in [-0.05, 0) is 36.2 Å². The number of aromatic hydroxyl groups is 1. The van der Waals surface area contributed by atoms with E-state index in [9.17, 15) is 15.2 Å². The van der Waals surface area contributed by atoms with Gasteiger partial charge in [0.05, 0.1) is 12.0 Å². The second-order valence-electron chi connectivity index (χ2n) is 4.49. The van der Waals surface area contributed by atoms with Crippen LogP contribution in [0.4, 0.5) is 11.4 Å². The number of non-ortho nitro benzene ring substituents is 1. The normalized spacial score (nSPS) is 10.1. The van der Waals surface area contributed by atoms with E-state index in [1.807, 2.05) is 6.07 Å². The Morgan fingerprint density at radius 3 is 2.52 bits per heavy atom. The zero-order valence-electron chi connectivity index (χ0n) is 11.6. The summed E-state index contributed by atoms with van der Waals surface area (Å²) in [5.74, 6) is 0.562. The Hall–Kier alpha value is -2.76. The molecule has 0 aromatic heterocycles. The number of nitrogens with one attached hydrogen (secondary N) is 1. The van der Waals surface area contributed by atoms with Gasteiger partial charge >= 0.3 is 0 Å². The molecule has 0 aliphatic carbocycles. The number of hydrogen-bond donors (Lipinski definition) is 2. The van der Waals surface area contributed by atoms with Crippen molar-refractivity contribution in [2.45, 2.75) is 6.42 Å². The number of phenolic OH excluding ortho intramolecular Hbond substituents is 1. The Bertz CT molecular complexity index is 626. The van der Waals surface area contributed by atoms with E-state index in [1.54, 1.807) is 24.3 Å². The van der Waals surface area contributed by atoms with Crippen molar-refractivity contribution in [1.29, 1.82) is 0 Å². The van der Waals surface area contributed by atoms with Crippen molar-refractivity contribution in [3.05, 3.63) is 58.1 Å². The molecule has 2 rings (SSSR count). The standard InChI is InChI=1S/C15H16N2O4/c1-21-15-7-2-11(10-14(15)18)8-9-16-12-3-5-13(6-4-12)17(19)20/h2-7,10,16,18H,8-9H2,1H3. The van der Waals surface area contributed by atoms with Gasteiger partial charge in [0, 0.05) is 24.4 Å². The van der Waals surface area contributed by atoms with E-state index in [0.717, 1.165) is 11.3 Å². The lowest BCUT2D eigenvalue weighted by Crippen LogP contribution is -2.04. The van der Waals surface area contributed by atoms with Crippen LogP contribution in [0.1, 0.15) is 5.56 Å². The lowest BCUT2D eigenvalue weighted by Gasteiger charge is -2.08. The van der Waals surface area contributed by atoms with Gasteiger partial charge in [0.1, 0.15) is 0 Å². The van der Waals surface area contributed by atoms with E-state index in [0.29, 0.717) is 18.7 Å².